The molecule has 1 aliphatic rings. The maximum Gasteiger partial charge on any atom is 0.123 e. The summed E-state index contributed by atoms with van der Waals surface area (Å²) in [7, 11) is 0. The van der Waals surface area contributed by atoms with Gasteiger partial charge in [0.1, 0.15) is 5.82 Å². The van der Waals surface area contributed by atoms with Gasteiger partial charge in [-0.1, -0.05) is 29.8 Å². The highest BCUT2D eigenvalue weighted by Crippen LogP contribution is 2.38. The lowest BCUT2D eigenvalue weighted by Gasteiger charge is -2.16. The van der Waals surface area contributed by atoms with Crippen molar-refractivity contribution in [3.05, 3.63) is 69.3 Å². The van der Waals surface area contributed by atoms with Crippen LogP contribution >= 0.6 is 22.9 Å². The van der Waals surface area contributed by atoms with Crippen LogP contribution in [0.5, 0.6) is 0 Å². The van der Waals surface area contributed by atoms with E-state index in [9.17, 15) is 4.39 Å². The zero-order valence-electron chi connectivity index (χ0n) is 11.1. The minimum Gasteiger partial charge on any atom is -0.283 e. The zero-order chi connectivity index (χ0) is 14.4. The van der Waals surface area contributed by atoms with Crippen LogP contribution in [0.2, 0.25) is 5.02 Å². The molecule has 0 unspecified atom stereocenters. The normalized spacial score (nSPS) is 14.1. The lowest BCUT2D eigenvalue weighted by atomic mass is 9.96. The second-order valence-electron chi connectivity index (χ2n) is 5.02. The molecule has 0 amide bonds. The van der Waals surface area contributed by atoms with Crippen molar-refractivity contribution in [2.24, 2.45) is 4.99 Å². The third-order valence-electron chi connectivity index (χ3n) is 3.72. The second kappa shape index (κ2) is 4.93. The van der Waals surface area contributed by atoms with Crippen LogP contribution in [0.25, 0.3) is 10.1 Å². The van der Waals surface area contributed by atoms with Crippen LogP contribution in [0.1, 0.15) is 16.0 Å². The molecule has 1 nitrogen and oxygen atoms in total. The van der Waals surface area contributed by atoms with Crippen molar-refractivity contribution in [2.45, 2.75) is 6.42 Å². The van der Waals surface area contributed by atoms with E-state index in [1.165, 1.54) is 6.07 Å². The first kappa shape index (κ1) is 13.0. The fraction of sp³-hybridized carbons (Fsp3) is 0.118. The number of nitrogens with zero attached hydrogens (tertiary/aromatic N) is 1. The Kier molecular flexibility index (Phi) is 3.05. The largest absolute Gasteiger partial charge is 0.283 e. The molecule has 0 saturated carbocycles. The number of halogens is 2. The van der Waals surface area contributed by atoms with Gasteiger partial charge in [-0.25, -0.2) is 4.39 Å². The van der Waals surface area contributed by atoms with E-state index in [0.29, 0.717) is 6.54 Å². The third-order valence-corrected chi connectivity index (χ3v) is 5.41. The van der Waals surface area contributed by atoms with Crippen LogP contribution < -0.4 is 0 Å². The quantitative estimate of drug-likeness (QED) is 0.593. The minimum atomic E-state index is -0.197. The number of aliphatic imine (C=N–C) groups is 1. The summed E-state index contributed by atoms with van der Waals surface area (Å²) in [5, 5.41) is 1.79. The van der Waals surface area contributed by atoms with Gasteiger partial charge < -0.3 is 0 Å². The summed E-state index contributed by atoms with van der Waals surface area (Å²) >= 11 is 8.19. The maximum absolute atomic E-state index is 13.4. The van der Waals surface area contributed by atoms with Gasteiger partial charge in [0.2, 0.25) is 0 Å². The summed E-state index contributed by atoms with van der Waals surface area (Å²) in [6.45, 7) is 0.677. The molecule has 0 bridgehead atoms. The van der Waals surface area contributed by atoms with Crippen molar-refractivity contribution in [1.29, 1.82) is 0 Å². The van der Waals surface area contributed by atoms with E-state index in [1.807, 2.05) is 24.3 Å². The number of benzene rings is 2. The average Bonchev–Trinajstić information content (AvgIpc) is 2.84. The van der Waals surface area contributed by atoms with E-state index in [0.717, 1.165) is 43.2 Å². The predicted molar refractivity (Wildman–Crippen MR) is 87.4 cm³/mol. The SMILES string of the molecule is Fc1ccc2c(c1)CCN=C2c1sc2ccccc2c1Cl. The van der Waals surface area contributed by atoms with Crippen molar-refractivity contribution < 1.29 is 4.39 Å². The van der Waals surface area contributed by atoms with Gasteiger partial charge in [-0.3, -0.25) is 4.99 Å². The van der Waals surface area contributed by atoms with Gasteiger partial charge in [-0.05, 0) is 36.2 Å². The van der Waals surface area contributed by atoms with Gasteiger partial charge in [0.25, 0.3) is 0 Å². The van der Waals surface area contributed by atoms with Crippen LogP contribution in [-0.4, -0.2) is 12.3 Å². The monoisotopic (exact) mass is 315 g/mol. The summed E-state index contributed by atoms with van der Waals surface area (Å²) in [6.07, 6.45) is 0.777. The highest BCUT2D eigenvalue weighted by Gasteiger charge is 2.21. The number of rotatable bonds is 1. The summed E-state index contributed by atoms with van der Waals surface area (Å²) in [5.41, 5.74) is 2.90. The molecule has 0 spiro atoms. The Morgan fingerprint density at radius 1 is 1.14 bits per heavy atom. The average molecular weight is 316 g/mol. The van der Waals surface area contributed by atoms with Crippen LogP contribution in [0.3, 0.4) is 0 Å². The van der Waals surface area contributed by atoms with E-state index in [2.05, 4.69) is 11.1 Å². The molecule has 0 atom stereocenters. The molecule has 0 fully saturated rings. The van der Waals surface area contributed by atoms with Gasteiger partial charge in [0.15, 0.2) is 0 Å². The van der Waals surface area contributed by atoms with Crippen LogP contribution in [0.15, 0.2) is 47.5 Å². The van der Waals surface area contributed by atoms with Crippen molar-refractivity contribution in [3.8, 4) is 0 Å². The predicted octanol–water partition coefficient (Wildman–Crippen LogP) is 5.09. The summed E-state index contributed by atoms with van der Waals surface area (Å²) in [4.78, 5) is 5.62. The topological polar surface area (TPSA) is 12.4 Å². The van der Waals surface area contributed by atoms with Gasteiger partial charge in [-0.2, -0.15) is 0 Å². The molecule has 0 radical (unpaired) electrons. The Labute approximate surface area is 130 Å². The summed E-state index contributed by atoms with van der Waals surface area (Å²) in [6, 6.07) is 13.0. The molecular weight excluding hydrogens is 305 g/mol. The molecule has 3 aromatic rings. The fourth-order valence-electron chi connectivity index (χ4n) is 2.73. The highest BCUT2D eigenvalue weighted by molar-refractivity contribution is 7.21. The standard InChI is InChI=1S/C17H11ClFNS/c18-15-13-3-1-2-4-14(13)21-17(15)16-12-6-5-11(19)9-10(12)7-8-20-16/h1-6,9H,7-8H2. The summed E-state index contributed by atoms with van der Waals surface area (Å²) < 4.78 is 14.6. The molecule has 0 aliphatic carbocycles. The third kappa shape index (κ3) is 2.08. The maximum atomic E-state index is 13.4. The molecular formula is C17H11ClFNS. The number of hydrogen-bond acceptors (Lipinski definition) is 2. The summed E-state index contributed by atoms with van der Waals surface area (Å²) in [5.74, 6) is -0.197. The lowest BCUT2D eigenvalue weighted by molar-refractivity contribution is 0.625. The van der Waals surface area contributed by atoms with E-state index >= 15 is 0 Å². The van der Waals surface area contributed by atoms with E-state index < -0.39 is 0 Å². The van der Waals surface area contributed by atoms with Crippen LogP contribution in [-0.2, 0) is 6.42 Å². The first-order valence-electron chi connectivity index (χ1n) is 6.74. The Balaban J connectivity index is 1.94. The molecule has 1 aromatic heterocycles. The highest BCUT2D eigenvalue weighted by atomic mass is 35.5. The minimum absolute atomic E-state index is 0.197. The Morgan fingerprint density at radius 3 is 2.86 bits per heavy atom. The molecule has 2 aromatic carbocycles. The van der Waals surface area contributed by atoms with Gasteiger partial charge in [-0.15, -0.1) is 11.3 Å². The molecule has 0 N–H and O–H groups in total. The first-order valence-corrected chi connectivity index (χ1v) is 7.94. The second-order valence-corrected chi connectivity index (χ2v) is 6.45. The molecule has 21 heavy (non-hydrogen) atoms. The molecule has 2 heterocycles. The zero-order valence-corrected chi connectivity index (χ0v) is 12.6. The van der Waals surface area contributed by atoms with Crippen molar-refractivity contribution >= 4 is 38.7 Å². The smallest absolute Gasteiger partial charge is 0.123 e. The van der Waals surface area contributed by atoms with E-state index in [1.54, 1.807) is 17.4 Å². The molecule has 4 rings (SSSR count). The van der Waals surface area contributed by atoms with Crippen LogP contribution in [0.4, 0.5) is 4.39 Å². The van der Waals surface area contributed by atoms with Gasteiger partial charge in [0, 0.05) is 22.2 Å². The number of hydrogen-bond donors (Lipinski definition) is 0. The molecule has 0 saturated heterocycles. The Morgan fingerprint density at radius 2 is 2.00 bits per heavy atom. The molecule has 104 valence electrons. The first-order chi connectivity index (χ1) is 10.2. The fourth-order valence-corrected chi connectivity index (χ4v) is 4.28. The molecule has 4 heteroatoms. The molecule has 1 aliphatic heterocycles. The van der Waals surface area contributed by atoms with E-state index in [-0.39, 0.29) is 5.82 Å². The number of thiophene rings is 1. The van der Waals surface area contributed by atoms with Crippen molar-refractivity contribution in [2.75, 3.05) is 6.54 Å². The van der Waals surface area contributed by atoms with Crippen molar-refractivity contribution in [3.63, 3.8) is 0 Å². The van der Waals surface area contributed by atoms with Crippen molar-refractivity contribution in [1.82, 2.24) is 0 Å². The lowest BCUT2D eigenvalue weighted by Crippen LogP contribution is -2.13. The number of fused-ring (bicyclic) bond motifs is 2. The Bertz CT molecular complexity index is 882. The van der Waals surface area contributed by atoms with Gasteiger partial charge >= 0.3 is 0 Å². The van der Waals surface area contributed by atoms with E-state index in [4.69, 9.17) is 11.6 Å². The Hall–Kier alpha value is -1.71. The van der Waals surface area contributed by atoms with Crippen LogP contribution in [0, 0.1) is 5.82 Å². The van der Waals surface area contributed by atoms with Gasteiger partial charge in [0.05, 0.1) is 15.6 Å².